The van der Waals surface area contributed by atoms with Gasteiger partial charge in [0.15, 0.2) is 0 Å². The highest BCUT2D eigenvalue weighted by Gasteiger charge is 2.35. The first kappa shape index (κ1) is 17.1. The van der Waals surface area contributed by atoms with Gasteiger partial charge in [-0.2, -0.15) is 25.3 Å². The van der Waals surface area contributed by atoms with E-state index in [0.29, 0.717) is 6.07 Å². The molecule has 0 saturated carbocycles. The number of anilines is 1. The molecule has 1 aromatic rings. The average molecular weight is 368 g/mol. The molecule has 0 saturated heterocycles. The first-order chi connectivity index (χ1) is 8.67. The normalized spacial score (nSPS) is 13.4. The van der Waals surface area contributed by atoms with E-state index in [9.17, 15) is 25.3 Å². The van der Waals surface area contributed by atoms with Crippen LogP contribution in [0.4, 0.5) is 5.69 Å². The number of nitrogens with two attached hydrogens (primary N) is 1. The SMILES string of the molecule is Nc1cc(S(=O)(=O)O)c(S(=O)(=O)O)c(S(=O)(=O)O)c1Cl. The Morgan fingerprint density at radius 2 is 1.25 bits per heavy atom. The van der Waals surface area contributed by atoms with Crippen LogP contribution in [0.3, 0.4) is 0 Å². The zero-order chi connectivity index (χ0) is 16.1. The van der Waals surface area contributed by atoms with Crippen molar-refractivity contribution in [3.8, 4) is 0 Å². The number of hydrogen-bond acceptors (Lipinski definition) is 7. The van der Waals surface area contributed by atoms with E-state index < -0.39 is 55.8 Å². The lowest BCUT2D eigenvalue weighted by atomic mass is 10.3. The lowest BCUT2D eigenvalue weighted by molar-refractivity contribution is 0.456. The highest BCUT2D eigenvalue weighted by molar-refractivity contribution is 7.90. The zero-order valence-electron chi connectivity index (χ0n) is 9.05. The molecule has 0 unspecified atom stereocenters. The van der Waals surface area contributed by atoms with E-state index in [1.54, 1.807) is 0 Å². The summed E-state index contributed by atoms with van der Waals surface area (Å²) in [6.45, 7) is 0. The highest BCUT2D eigenvalue weighted by Crippen LogP contribution is 2.37. The molecule has 114 valence electrons. The summed E-state index contributed by atoms with van der Waals surface area (Å²) in [4.78, 5) is -5.01. The second-order valence-corrected chi connectivity index (χ2v) is 7.85. The molecule has 0 fully saturated rings. The lowest BCUT2D eigenvalue weighted by Crippen LogP contribution is -2.16. The van der Waals surface area contributed by atoms with Gasteiger partial charge in [-0.15, -0.1) is 0 Å². The quantitative estimate of drug-likeness (QED) is 0.406. The Kier molecular flexibility index (Phi) is 4.10. The Hall–Kier alpha value is -0.960. The van der Waals surface area contributed by atoms with Crippen LogP contribution < -0.4 is 5.73 Å². The minimum atomic E-state index is -5.49. The van der Waals surface area contributed by atoms with Gasteiger partial charge in [-0.05, 0) is 6.07 Å². The van der Waals surface area contributed by atoms with Crippen molar-refractivity contribution in [2.24, 2.45) is 0 Å². The van der Waals surface area contributed by atoms with Gasteiger partial charge in [-0.1, -0.05) is 11.6 Å². The number of rotatable bonds is 3. The first-order valence-corrected chi connectivity index (χ1v) is 8.91. The van der Waals surface area contributed by atoms with Gasteiger partial charge in [0, 0.05) is 0 Å². The first-order valence-electron chi connectivity index (χ1n) is 4.22. The topological polar surface area (TPSA) is 189 Å². The van der Waals surface area contributed by atoms with Gasteiger partial charge in [0.1, 0.15) is 14.7 Å². The second kappa shape index (κ2) is 4.80. The van der Waals surface area contributed by atoms with Crippen molar-refractivity contribution < 1.29 is 38.9 Å². The molecular formula is C6H6ClNO9S3. The molecule has 0 amide bonds. The predicted octanol–water partition coefficient (Wildman–Crippen LogP) is -0.338. The minimum absolute atomic E-state index is 0.315. The number of benzene rings is 1. The van der Waals surface area contributed by atoms with Crippen LogP contribution in [0.2, 0.25) is 5.02 Å². The molecule has 0 aliphatic heterocycles. The van der Waals surface area contributed by atoms with Gasteiger partial charge in [0.05, 0.1) is 10.7 Å². The van der Waals surface area contributed by atoms with Crippen molar-refractivity contribution >= 4 is 47.6 Å². The molecule has 1 rings (SSSR count). The third-order valence-electron chi connectivity index (χ3n) is 1.96. The lowest BCUT2D eigenvalue weighted by Gasteiger charge is -2.12. The average Bonchev–Trinajstić information content (AvgIpc) is 2.15. The summed E-state index contributed by atoms with van der Waals surface area (Å²) in [7, 11) is -16.2. The van der Waals surface area contributed by atoms with Crippen LogP contribution in [0, 0.1) is 0 Å². The summed E-state index contributed by atoms with van der Waals surface area (Å²) in [5, 5.41) is -1.03. The smallest absolute Gasteiger partial charge is 0.297 e. The summed E-state index contributed by atoms with van der Waals surface area (Å²) in [5.41, 5.74) is 4.40. The number of halogens is 1. The fourth-order valence-electron chi connectivity index (χ4n) is 1.28. The molecule has 0 radical (unpaired) electrons. The van der Waals surface area contributed by atoms with Crippen LogP contribution in [0.5, 0.6) is 0 Å². The fourth-order valence-corrected chi connectivity index (χ4v) is 5.06. The van der Waals surface area contributed by atoms with Gasteiger partial charge in [0.25, 0.3) is 30.4 Å². The van der Waals surface area contributed by atoms with Crippen molar-refractivity contribution in [3.05, 3.63) is 11.1 Å². The maximum Gasteiger partial charge on any atom is 0.297 e. The van der Waals surface area contributed by atoms with Crippen LogP contribution >= 0.6 is 11.6 Å². The van der Waals surface area contributed by atoms with E-state index in [4.69, 9.17) is 31.0 Å². The van der Waals surface area contributed by atoms with Crippen LogP contribution in [-0.2, 0) is 30.4 Å². The molecule has 10 nitrogen and oxygen atoms in total. The van der Waals surface area contributed by atoms with Crippen molar-refractivity contribution in [3.63, 3.8) is 0 Å². The molecular weight excluding hydrogens is 362 g/mol. The van der Waals surface area contributed by atoms with E-state index in [1.165, 1.54) is 0 Å². The standard InChI is InChI=1S/C6H6ClNO9S3/c7-4-2(8)1-3(18(9,10)11)5(19(12,13)14)6(4)20(15,16)17/h1H,8H2,(H,9,10,11)(H,12,13,14)(H,15,16,17). The van der Waals surface area contributed by atoms with Gasteiger partial charge in [-0.3, -0.25) is 13.7 Å². The Morgan fingerprint density at radius 3 is 1.55 bits per heavy atom. The molecule has 5 N–H and O–H groups in total. The van der Waals surface area contributed by atoms with Crippen molar-refractivity contribution in [1.29, 1.82) is 0 Å². The Balaban J connectivity index is 4.30. The van der Waals surface area contributed by atoms with E-state index in [0.717, 1.165) is 0 Å². The van der Waals surface area contributed by atoms with Gasteiger partial charge in [-0.25, -0.2) is 0 Å². The van der Waals surface area contributed by atoms with Crippen molar-refractivity contribution in [1.82, 2.24) is 0 Å². The van der Waals surface area contributed by atoms with E-state index in [2.05, 4.69) is 0 Å². The predicted molar refractivity (Wildman–Crippen MR) is 65.3 cm³/mol. The fraction of sp³-hybridized carbons (Fsp3) is 0. The van der Waals surface area contributed by atoms with Crippen molar-refractivity contribution in [2.75, 3.05) is 5.73 Å². The summed E-state index contributed by atoms with van der Waals surface area (Å²) in [6, 6.07) is 0.315. The third-order valence-corrected chi connectivity index (χ3v) is 5.48. The zero-order valence-corrected chi connectivity index (χ0v) is 12.3. The summed E-state index contributed by atoms with van der Waals surface area (Å²) in [6.07, 6.45) is 0. The molecule has 20 heavy (non-hydrogen) atoms. The Morgan fingerprint density at radius 1 is 0.850 bits per heavy atom. The maximum atomic E-state index is 11.1. The van der Waals surface area contributed by atoms with Gasteiger partial charge >= 0.3 is 0 Å². The number of hydrogen-bond donors (Lipinski definition) is 4. The summed E-state index contributed by atoms with van der Waals surface area (Å²) in [5.74, 6) is 0. The third kappa shape index (κ3) is 3.20. The summed E-state index contributed by atoms with van der Waals surface area (Å²) >= 11 is 5.39. The van der Waals surface area contributed by atoms with E-state index in [1.807, 2.05) is 0 Å². The van der Waals surface area contributed by atoms with Crippen LogP contribution in [0.25, 0.3) is 0 Å². The van der Waals surface area contributed by atoms with Gasteiger partial charge < -0.3 is 5.73 Å². The molecule has 0 aliphatic rings. The van der Waals surface area contributed by atoms with Crippen LogP contribution in [0.1, 0.15) is 0 Å². The van der Waals surface area contributed by atoms with Crippen LogP contribution in [-0.4, -0.2) is 38.9 Å². The molecule has 0 aliphatic carbocycles. The van der Waals surface area contributed by atoms with E-state index in [-0.39, 0.29) is 0 Å². The largest absolute Gasteiger partial charge is 0.397 e. The van der Waals surface area contributed by atoms with Gasteiger partial charge in [0.2, 0.25) is 0 Å². The number of nitrogen functional groups attached to an aromatic ring is 1. The molecule has 0 spiro atoms. The molecule has 0 aromatic heterocycles. The molecule has 0 bridgehead atoms. The summed E-state index contributed by atoms with van der Waals surface area (Å²) < 4.78 is 93.3. The molecule has 0 atom stereocenters. The maximum absolute atomic E-state index is 11.1. The Labute approximate surface area is 118 Å². The van der Waals surface area contributed by atoms with E-state index >= 15 is 0 Å². The molecule has 1 aromatic carbocycles. The second-order valence-electron chi connectivity index (χ2n) is 3.36. The highest BCUT2D eigenvalue weighted by atomic mass is 35.5. The Bertz CT molecular complexity index is 884. The monoisotopic (exact) mass is 367 g/mol. The minimum Gasteiger partial charge on any atom is -0.397 e. The molecule has 0 heterocycles. The molecule has 14 heteroatoms. The van der Waals surface area contributed by atoms with Crippen molar-refractivity contribution in [2.45, 2.75) is 14.7 Å². The van der Waals surface area contributed by atoms with Crippen LogP contribution in [0.15, 0.2) is 20.8 Å².